The monoisotopic (exact) mass is 449 g/mol. The van der Waals surface area contributed by atoms with Gasteiger partial charge in [-0.3, -0.25) is 19.3 Å². The fourth-order valence-corrected chi connectivity index (χ4v) is 4.46. The number of nitrogens with one attached hydrogen (secondary N) is 1. The van der Waals surface area contributed by atoms with Crippen molar-refractivity contribution in [3.63, 3.8) is 0 Å². The molecule has 0 bridgehead atoms. The van der Waals surface area contributed by atoms with Crippen LogP contribution in [0, 0.1) is 0 Å². The number of aryl methyl sites for hydroxylation is 1. The second kappa shape index (κ2) is 9.85. The third kappa shape index (κ3) is 4.84. The van der Waals surface area contributed by atoms with E-state index in [9.17, 15) is 14.4 Å². The first-order valence-corrected chi connectivity index (χ1v) is 11.5. The van der Waals surface area contributed by atoms with Gasteiger partial charge in [0, 0.05) is 18.7 Å². The van der Waals surface area contributed by atoms with Crippen molar-refractivity contribution < 1.29 is 19.1 Å². The van der Waals surface area contributed by atoms with Gasteiger partial charge in [-0.1, -0.05) is 31.2 Å². The second-order valence-electron chi connectivity index (χ2n) is 8.90. The number of rotatable bonds is 8. The Morgan fingerprint density at radius 3 is 2.48 bits per heavy atom. The number of ether oxygens (including phenoxy) is 1. The summed E-state index contributed by atoms with van der Waals surface area (Å²) in [5.74, 6) is -0.948. The quantitative estimate of drug-likeness (QED) is 0.627. The van der Waals surface area contributed by atoms with E-state index in [-0.39, 0.29) is 42.0 Å². The lowest BCUT2D eigenvalue weighted by atomic mass is 10.0. The number of nitrogens with zero attached hydrogens (tertiary/aromatic N) is 2. The van der Waals surface area contributed by atoms with Crippen LogP contribution in [0.3, 0.4) is 0 Å². The highest BCUT2D eigenvalue weighted by molar-refractivity contribution is 6.22. The van der Waals surface area contributed by atoms with E-state index in [1.807, 2.05) is 14.1 Å². The van der Waals surface area contributed by atoms with Crippen LogP contribution in [0.15, 0.2) is 42.5 Å². The minimum Gasteiger partial charge on any atom is -0.376 e. The van der Waals surface area contributed by atoms with Crippen LogP contribution in [-0.2, 0) is 11.2 Å². The van der Waals surface area contributed by atoms with E-state index >= 15 is 0 Å². The third-order valence-electron chi connectivity index (χ3n) is 6.50. The molecule has 2 aromatic rings. The molecule has 0 saturated carbocycles. The minimum atomic E-state index is -0.359. The van der Waals surface area contributed by atoms with E-state index in [2.05, 4.69) is 41.4 Å². The number of likely N-dealkylation sites (N-methyl/N-ethyl adjacent to an activating group) is 1. The van der Waals surface area contributed by atoms with Gasteiger partial charge in [0.2, 0.25) is 0 Å². The summed E-state index contributed by atoms with van der Waals surface area (Å²) in [4.78, 5) is 41.8. The molecule has 0 spiro atoms. The summed E-state index contributed by atoms with van der Waals surface area (Å²) in [7, 11) is 3.96. The van der Waals surface area contributed by atoms with Crippen LogP contribution in [0.1, 0.15) is 68.0 Å². The summed E-state index contributed by atoms with van der Waals surface area (Å²) in [6.07, 6.45) is 2.66. The first-order valence-electron chi connectivity index (χ1n) is 11.5. The molecule has 2 heterocycles. The lowest BCUT2D eigenvalue weighted by Crippen LogP contribution is -2.36. The molecule has 2 unspecified atom stereocenters. The highest BCUT2D eigenvalue weighted by Crippen LogP contribution is 2.26. The number of carbonyl (C=O) groups is 3. The Kier molecular flexibility index (Phi) is 6.91. The second-order valence-corrected chi connectivity index (χ2v) is 8.90. The van der Waals surface area contributed by atoms with Crippen LogP contribution in [0.25, 0.3) is 0 Å². The van der Waals surface area contributed by atoms with Gasteiger partial charge in [0.1, 0.15) is 0 Å². The number of benzene rings is 2. The largest absolute Gasteiger partial charge is 0.376 e. The standard InChI is InChI=1S/C26H31N3O4/c1-4-17-7-9-18(10-8-17)23(28(2)3)15-27-24(30)19-11-12-21-22(14-19)26(32)29(25(21)31)16-20-6-5-13-33-20/h7-12,14,20,23H,4-6,13,15-16H2,1-3H3,(H,27,30). The lowest BCUT2D eigenvalue weighted by molar-refractivity contribution is 0.0475. The van der Waals surface area contributed by atoms with Crippen LogP contribution >= 0.6 is 0 Å². The van der Waals surface area contributed by atoms with Crippen molar-refractivity contribution in [2.75, 3.05) is 33.8 Å². The van der Waals surface area contributed by atoms with Gasteiger partial charge in [0.15, 0.2) is 0 Å². The zero-order valence-corrected chi connectivity index (χ0v) is 19.5. The Labute approximate surface area is 194 Å². The number of hydrogen-bond acceptors (Lipinski definition) is 5. The molecule has 3 amide bonds. The summed E-state index contributed by atoms with van der Waals surface area (Å²) in [5.41, 5.74) is 3.39. The van der Waals surface area contributed by atoms with Crippen molar-refractivity contribution in [3.05, 3.63) is 70.3 Å². The maximum absolute atomic E-state index is 12.9. The van der Waals surface area contributed by atoms with Crippen LogP contribution in [-0.4, -0.2) is 67.4 Å². The van der Waals surface area contributed by atoms with Crippen LogP contribution in [0.4, 0.5) is 0 Å². The highest BCUT2D eigenvalue weighted by Gasteiger charge is 2.38. The molecule has 33 heavy (non-hydrogen) atoms. The Hall–Kier alpha value is -3.03. The average molecular weight is 450 g/mol. The SMILES string of the molecule is CCc1ccc(C(CNC(=O)c2ccc3c(c2)C(=O)N(CC2CCCO2)C3=O)N(C)C)cc1. The lowest BCUT2D eigenvalue weighted by Gasteiger charge is -2.25. The van der Waals surface area contributed by atoms with Crippen molar-refractivity contribution in [3.8, 4) is 0 Å². The summed E-state index contributed by atoms with van der Waals surface area (Å²) in [6.45, 7) is 3.46. The molecule has 0 radical (unpaired) electrons. The zero-order valence-electron chi connectivity index (χ0n) is 19.5. The molecule has 7 nitrogen and oxygen atoms in total. The molecular formula is C26H31N3O4. The average Bonchev–Trinajstić information content (AvgIpc) is 3.42. The van der Waals surface area contributed by atoms with E-state index in [1.54, 1.807) is 12.1 Å². The molecule has 2 aliphatic rings. The smallest absolute Gasteiger partial charge is 0.261 e. The van der Waals surface area contributed by atoms with Gasteiger partial charge in [-0.15, -0.1) is 0 Å². The molecule has 4 rings (SSSR count). The van der Waals surface area contributed by atoms with Crippen molar-refractivity contribution in [2.45, 2.75) is 38.3 Å². The Balaban J connectivity index is 1.44. The third-order valence-corrected chi connectivity index (χ3v) is 6.50. The van der Waals surface area contributed by atoms with Gasteiger partial charge in [-0.2, -0.15) is 0 Å². The summed E-state index contributed by atoms with van der Waals surface area (Å²) in [5, 5.41) is 2.98. The molecule has 7 heteroatoms. The Morgan fingerprint density at radius 2 is 1.85 bits per heavy atom. The van der Waals surface area contributed by atoms with Crippen molar-refractivity contribution >= 4 is 17.7 Å². The number of fused-ring (bicyclic) bond motifs is 1. The number of carbonyl (C=O) groups excluding carboxylic acids is 3. The molecule has 1 saturated heterocycles. The molecule has 2 aromatic carbocycles. The zero-order chi connectivity index (χ0) is 23.5. The fourth-order valence-electron chi connectivity index (χ4n) is 4.46. The van der Waals surface area contributed by atoms with Crippen molar-refractivity contribution in [1.82, 2.24) is 15.1 Å². The normalized spacial score (nSPS) is 18.7. The Bertz CT molecular complexity index is 1040. The maximum atomic E-state index is 12.9. The number of amides is 3. The molecule has 2 atom stereocenters. The van der Waals surface area contributed by atoms with E-state index in [0.29, 0.717) is 24.3 Å². The molecule has 1 N–H and O–H groups in total. The van der Waals surface area contributed by atoms with E-state index in [0.717, 1.165) is 24.8 Å². The van der Waals surface area contributed by atoms with Gasteiger partial charge in [0.05, 0.1) is 29.8 Å². The molecule has 0 aromatic heterocycles. The Morgan fingerprint density at radius 1 is 1.12 bits per heavy atom. The van der Waals surface area contributed by atoms with Crippen molar-refractivity contribution in [1.29, 1.82) is 0 Å². The fraction of sp³-hybridized carbons (Fsp3) is 0.423. The molecule has 174 valence electrons. The van der Waals surface area contributed by atoms with Crippen LogP contribution in [0.5, 0.6) is 0 Å². The maximum Gasteiger partial charge on any atom is 0.261 e. The van der Waals surface area contributed by atoms with Gasteiger partial charge in [-0.25, -0.2) is 0 Å². The van der Waals surface area contributed by atoms with E-state index < -0.39 is 0 Å². The molecule has 1 fully saturated rings. The topological polar surface area (TPSA) is 79.0 Å². The molecular weight excluding hydrogens is 418 g/mol. The van der Waals surface area contributed by atoms with Crippen LogP contribution in [0.2, 0.25) is 0 Å². The van der Waals surface area contributed by atoms with Gasteiger partial charge in [-0.05, 0) is 62.7 Å². The van der Waals surface area contributed by atoms with Gasteiger partial charge < -0.3 is 15.0 Å². The number of imide groups is 1. The molecule has 2 aliphatic heterocycles. The minimum absolute atomic E-state index is 0.0133. The predicted molar refractivity (Wildman–Crippen MR) is 125 cm³/mol. The van der Waals surface area contributed by atoms with Crippen LogP contribution < -0.4 is 5.32 Å². The first kappa shape index (κ1) is 23.1. The number of hydrogen-bond donors (Lipinski definition) is 1. The highest BCUT2D eigenvalue weighted by atomic mass is 16.5. The summed E-state index contributed by atoms with van der Waals surface area (Å²) in [6, 6.07) is 13.1. The van der Waals surface area contributed by atoms with E-state index in [4.69, 9.17) is 4.74 Å². The van der Waals surface area contributed by atoms with Crippen molar-refractivity contribution in [2.24, 2.45) is 0 Å². The van der Waals surface area contributed by atoms with E-state index in [1.165, 1.54) is 16.5 Å². The predicted octanol–water partition coefficient (Wildman–Crippen LogP) is 3.06. The summed E-state index contributed by atoms with van der Waals surface area (Å²) >= 11 is 0. The van der Waals surface area contributed by atoms with Gasteiger partial charge >= 0.3 is 0 Å². The molecule has 0 aliphatic carbocycles. The first-order chi connectivity index (χ1) is 15.9. The van der Waals surface area contributed by atoms with Gasteiger partial charge in [0.25, 0.3) is 17.7 Å². The summed E-state index contributed by atoms with van der Waals surface area (Å²) < 4.78 is 5.58.